The van der Waals surface area contributed by atoms with Gasteiger partial charge in [0.05, 0.1) is 4.90 Å². The molecule has 0 bridgehead atoms. The van der Waals surface area contributed by atoms with Gasteiger partial charge < -0.3 is 10.6 Å². The molecule has 0 aromatic heterocycles. The van der Waals surface area contributed by atoms with E-state index in [0.29, 0.717) is 18.0 Å². The summed E-state index contributed by atoms with van der Waals surface area (Å²) >= 11 is 3.34. The van der Waals surface area contributed by atoms with E-state index in [4.69, 9.17) is 5.73 Å². The Morgan fingerprint density at radius 1 is 1.27 bits per heavy atom. The first-order valence-corrected chi connectivity index (χ1v) is 9.92. The van der Waals surface area contributed by atoms with E-state index >= 15 is 0 Å². The summed E-state index contributed by atoms with van der Waals surface area (Å²) in [5.74, 6) is 0. The van der Waals surface area contributed by atoms with Crippen LogP contribution in [-0.2, 0) is 10.0 Å². The number of sulfonamides is 1. The highest BCUT2D eigenvalue weighted by molar-refractivity contribution is 9.10. The monoisotopic (exact) mass is 389 g/mol. The normalized spacial score (nSPS) is 18.0. The second-order valence-corrected chi connectivity index (χ2v) is 8.33. The molecule has 1 aliphatic heterocycles. The van der Waals surface area contributed by atoms with Gasteiger partial charge in [0.25, 0.3) is 0 Å². The topological polar surface area (TPSA) is 66.6 Å². The van der Waals surface area contributed by atoms with Gasteiger partial charge in [0.15, 0.2) is 0 Å². The van der Waals surface area contributed by atoms with Crippen molar-refractivity contribution in [2.24, 2.45) is 5.73 Å². The van der Waals surface area contributed by atoms with Crippen LogP contribution in [0.3, 0.4) is 0 Å². The maximum atomic E-state index is 12.9. The number of halogens is 1. The minimum Gasteiger partial charge on any atom is -0.329 e. The molecule has 0 spiro atoms. The number of hydrogen-bond acceptors (Lipinski definition) is 4. The van der Waals surface area contributed by atoms with Gasteiger partial charge in [-0.15, -0.1) is 0 Å². The fourth-order valence-corrected chi connectivity index (χ4v) is 4.94. The van der Waals surface area contributed by atoms with Crippen molar-refractivity contribution in [3.05, 3.63) is 28.7 Å². The van der Waals surface area contributed by atoms with Crippen molar-refractivity contribution in [2.75, 3.05) is 32.7 Å². The van der Waals surface area contributed by atoms with Crippen LogP contribution in [0.1, 0.15) is 19.8 Å². The van der Waals surface area contributed by atoms with Crippen molar-refractivity contribution < 1.29 is 8.42 Å². The lowest BCUT2D eigenvalue weighted by atomic mass is 10.1. The van der Waals surface area contributed by atoms with Gasteiger partial charge in [0.2, 0.25) is 10.0 Å². The van der Waals surface area contributed by atoms with E-state index in [9.17, 15) is 8.42 Å². The van der Waals surface area contributed by atoms with E-state index in [1.165, 1.54) is 0 Å². The van der Waals surface area contributed by atoms with Gasteiger partial charge in [-0.1, -0.05) is 22.9 Å². The predicted octanol–water partition coefficient (Wildman–Crippen LogP) is 1.88. The first-order chi connectivity index (χ1) is 10.5. The Labute approximate surface area is 141 Å². The van der Waals surface area contributed by atoms with Gasteiger partial charge in [-0.25, -0.2) is 8.42 Å². The lowest BCUT2D eigenvalue weighted by molar-refractivity contribution is 0.164. The quantitative estimate of drug-likeness (QED) is 0.806. The molecule has 22 heavy (non-hydrogen) atoms. The predicted molar refractivity (Wildman–Crippen MR) is 92.2 cm³/mol. The highest BCUT2D eigenvalue weighted by Gasteiger charge is 2.32. The van der Waals surface area contributed by atoms with Crippen LogP contribution in [0.4, 0.5) is 0 Å². The molecule has 7 heteroatoms. The lowest BCUT2D eigenvalue weighted by Crippen LogP contribution is -2.48. The highest BCUT2D eigenvalue weighted by atomic mass is 79.9. The Morgan fingerprint density at radius 2 is 1.86 bits per heavy atom. The molecule has 124 valence electrons. The van der Waals surface area contributed by atoms with Crippen LogP contribution in [0.25, 0.3) is 0 Å². The number of hydrogen-bond donors (Lipinski definition) is 1. The van der Waals surface area contributed by atoms with Crippen LogP contribution in [0.15, 0.2) is 33.6 Å². The molecule has 0 aliphatic carbocycles. The molecular formula is C15H24BrN3O2S. The number of rotatable bonds is 6. The number of nitrogens with two attached hydrogens (primary N) is 1. The molecule has 1 aromatic carbocycles. The van der Waals surface area contributed by atoms with Gasteiger partial charge in [-0.05, 0) is 50.2 Å². The maximum Gasteiger partial charge on any atom is 0.243 e. The van der Waals surface area contributed by atoms with Crippen LogP contribution < -0.4 is 5.73 Å². The Hall–Kier alpha value is -0.470. The standard InChI is InChI=1S/C15H24BrN3O2S/c1-2-19(14-7-10-18(11-8-14)12-9-17)22(20,21)15-5-3-13(16)4-6-15/h3-6,14H,2,7-12,17H2,1H3. The fraction of sp³-hybridized carbons (Fsp3) is 0.600. The fourth-order valence-electron chi connectivity index (χ4n) is 2.98. The summed E-state index contributed by atoms with van der Waals surface area (Å²) in [6.45, 7) is 5.77. The molecule has 0 amide bonds. The smallest absolute Gasteiger partial charge is 0.243 e. The molecule has 0 unspecified atom stereocenters. The Kier molecular flexibility index (Phi) is 6.40. The zero-order chi connectivity index (χ0) is 16.2. The Morgan fingerprint density at radius 3 is 2.36 bits per heavy atom. The number of likely N-dealkylation sites (tertiary alicyclic amines) is 1. The van der Waals surface area contributed by atoms with E-state index in [0.717, 1.165) is 36.9 Å². The molecule has 0 radical (unpaired) electrons. The van der Waals surface area contributed by atoms with E-state index in [2.05, 4.69) is 20.8 Å². The van der Waals surface area contributed by atoms with Gasteiger partial charge >= 0.3 is 0 Å². The number of nitrogens with zero attached hydrogens (tertiary/aromatic N) is 2. The van der Waals surface area contributed by atoms with Crippen molar-refractivity contribution in [1.29, 1.82) is 0 Å². The van der Waals surface area contributed by atoms with Gasteiger partial charge in [-0.3, -0.25) is 0 Å². The average Bonchev–Trinajstić information content (AvgIpc) is 2.50. The molecular weight excluding hydrogens is 366 g/mol. The molecule has 5 nitrogen and oxygen atoms in total. The number of benzene rings is 1. The summed E-state index contributed by atoms with van der Waals surface area (Å²) < 4.78 is 28.2. The number of piperidine rings is 1. The van der Waals surface area contributed by atoms with Crippen LogP contribution in [0.2, 0.25) is 0 Å². The van der Waals surface area contributed by atoms with Crippen LogP contribution in [0, 0.1) is 0 Å². The van der Waals surface area contributed by atoms with Gasteiger partial charge in [-0.2, -0.15) is 4.31 Å². The van der Waals surface area contributed by atoms with Crippen molar-refractivity contribution in [3.8, 4) is 0 Å². The molecule has 1 heterocycles. The second kappa shape index (κ2) is 7.88. The first kappa shape index (κ1) is 17.9. The summed E-state index contributed by atoms with van der Waals surface area (Å²) in [5.41, 5.74) is 5.59. The van der Waals surface area contributed by atoms with E-state index in [1.54, 1.807) is 28.6 Å². The third-order valence-corrected chi connectivity index (χ3v) is 6.71. The second-order valence-electron chi connectivity index (χ2n) is 5.52. The van der Waals surface area contributed by atoms with Crippen molar-refractivity contribution in [1.82, 2.24) is 9.21 Å². The molecule has 0 saturated carbocycles. The van der Waals surface area contributed by atoms with Gasteiger partial charge in [0.1, 0.15) is 0 Å². The van der Waals surface area contributed by atoms with E-state index in [1.807, 2.05) is 6.92 Å². The summed E-state index contributed by atoms with van der Waals surface area (Å²) in [6.07, 6.45) is 1.73. The van der Waals surface area contributed by atoms with Crippen LogP contribution in [0.5, 0.6) is 0 Å². The minimum absolute atomic E-state index is 0.0765. The Balaban J connectivity index is 2.12. The molecule has 1 aliphatic rings. The molecule has 2 N–H and O–H groups in total. The molecule has 2 rings (SSSR count). The average molecular weight is 390 g/mol. The zero-order valence-electron chi connectivity index (χ0n) is 12.9. The van der Waals surface area contributed by atoms with Crippen LogP contribution >= 0.6 is 15.9 Å². The SMILES string of the molecule is CCN(C1CCN(CCN)CC1)S(=O)(=O)c1ccc(Br)cc1. The molecule has 1 fully saturated rings. The van der Waals surface area contributed by atoms with Crippen LogP contribution in [-0.4, -0.2) is 56.4 Å². The van der Waals surface area contributed by atoms with Crippen molar-refractivity contribution in [3.63, 3.8) is 0 Å². The summed E-state index contributed by atoms with van der Waals surface area (Å²) in [6, 6.07) is 6.93. The zero-order valence-corrected chi connectivity index (χ0v) is 15.3. The van der Waals surface area contributed by atoms with Gasteiger partial charge in [0, 0.05) is 30.1 Å². The Bertz CT molecular complexity index is 569. The van der Waals surface area contributed by atoms with E-state index < -0.39 is 10.0 Å². The third kappa shape index (κ3) is 4.08. The molecule has 1 aromatic rings. The molecule has 1 saturated heterocycles. The maximum absolute atomic E-state index is 12.9. The first-order valence-electron chi connectivity index (χ1n) is 7.69. The minimum atomic E-state index is -3.43. The summed E-state index contributed by atoms with van der Waals surface area (Å²) in [4.78, 5) is 2.67. The highest BCUT2D eigenvalue weighted by Crippen LogP contribution is 2.25. The molecule has 0 atom stereocenters. The van der Waals surface area contributed by atoms with Crippen molar-refractivity contribution in [2.45, 2.75) is 30.7 Å². The summed E-state index contributed by atoms with van der Waals surface area (Å²) in [7, 11) is -3.43. The summed E-state index contributed by atoms with van der Waals surface area (Å²) in [5, 5.41) is 0. The van der Waals surface area contributed by atoms with Crippen molar-refractivity contribution >= 4 is 26.0 Å². The van der Waals surface area contributed by atoms with E-state index in [-0.39, 0.29) is 6.04 Å². The largest absolute Gasteiger partial charge is 0.329 e. The third-order valence-electron chi connectivity index (χ3n) is 4.14. The lowest BCUT2D eigenvalue weighted by Gasteiger charge is -2.37.